The van der Waals surface area contributed by atoms with Gasteiger partial charge in [-0.25, -0.2) is 4.79 Å². The topological polar surface area (TPSA) is 138 Å². The number of ether oxygens (including phenoxy) is 1. The number of fused-ring (bicyclic) bond motifs is 1. The van der Waals surface area contributed by atoms with E-state index in [0.29, 0.717) is 33.6 Å². The van der Waals surface area contributed by atoms with E-state index in [1.165, 1.54) is 0 Å². The molecule has 0 aromatic heterocycles. The van der Waals surface area contributed by atoms with Crippen LogP contribution in [0.5, 0.6) is 0 Å². The molecule has 2 heterocycles. The fourth-order valence-electron chi connectivity index (χ4n) is 4.27. The Balaban J connectivity index is 1.40. The third kappa shape index (κ3) is 6.71. The van der Waals surface area contributed by atoms with E-state index in [0.717, 1.165) is 12.8 Å². The number of rotatable bonds is 8. The number of unbranched alkanes of at least 4 members (excludes halogenated alkanes) is 1. The largest absolute Gasteiger partial charge is 0.462 e. The molecular formula is C25H27Cl2N5O5. The third-order valence-corrected chi connectivity index (χ3v) is 6.52. The number of carbonyl (C=O) groups excluding carboxylic acids is 4. The van der Waals surface area contributed by atoms with Crippen LogP contribution in [0.25, 0.3) is 0 Å². The molecule has 2 aromatic carbocycles. The third-order valence-electron chi connectivity index (χ3n) is 6.08. The predicted molar refractivity (Wildman–Crippen MR) is 139 cm³/mol. The van der Waals surface area contributed by atoms with Crippen molar-refractivity contribution in [3.63, 3.8) is 0 Å². The average molecular weight is 548 g/mol. The van der Waals surface area contributed by atoms with Crippen LogP contribution in [0.2, 0.25) is 10.0 Å². The number of piperidine rings is 1. The number of carbonyl (C=O) groups is 4. The molecule has 2 fully saturated rings. The van der Waals surface area contributed by atoms with Crippen molar-refractivity contribution >= 4 is 58.3 Å². The first kappa shape index (κ1) is 26.7. The van der Waals surface area contributed by atoms with E-state index in [2.05, 4.69) is 26.6 Å². The lowest BCUT2D eigenvalue weighted by molar-refractivity contribution is -0.144. The highest BCUT2D eigenvalue weighted by Gasteiger charge is 2.48. The Kier molecular flexibility index (Phi) is 8.52. The molecule has 2 aromatic rings. The zero-order valence-corrected chi connectivity index (χ0v) is 21.5. The van der Waals surface area contributed by atoms with Gasteiger partial charge in [0.1, 0.15) is 0 Å². The summed E-state index contributed by atoms with van der Waals surface area (Å²) in [5, 5.41) is 15.2. The van der Waals surface area contributed by atoms with Crippen molar-refractivity contribution in [1.29, 1.82) is 0 Å². The summed E-state index contributed by atoms with van der Waals surface area (Å²) in [5.41, 5.74) is 1.35. The first-order valence-corrected chi connectivity index (χ1v) is 12.7. The lowest BCUT2D eigenvalue weighted by Gasteiger charge is -2.43. The predicted octanol–water partition coefficient (Wildman–Crippen LogP) is 3.08. The molecule has 3 amide bonds. The summed E-state index contributed by atoms with van der Waals surface area (Å²) in [6.07, 6.45) is 0.0333. The highest BCUT2D eigenvalue weighted by molar-refractivity contribution is 6.35. The van der Waals surface area contributed by atoms with E-state index in [9.17, 15) is 19.2 Å². The fraction of sp³-hybridized carbons (Fsp3) is 0.360. The minimum atomic E-state index is -0.911. The lowest BCUT2D eigenvalue weighted by atomic mass is 9.81. The van der Waals surface area contributed by atoms with Crippen LogP contribution in [0.3, 0.4) is 0 Å². The Morgan fingerprint density at radius 3 is 2.41 bits per heavy atom. The van der Waals surface area contributed by atoms with Crippen molar-refractivity contribution in [1.82, 2.24) is 16.0 Å². The molecular weight excluding hydrogens is 521 g/mol. The van der Waals surface area contributed by atoms with Crippen molar-refractivity contribution in [2.24, 2.45) is 11.8 Å². The summed E-state index contributed by atoms with van der Waals surface area (Å²) in [6, 6.07) is 11.1. The molecule has 37 heavy (non-hydrogen) atoms. The van der Waals surface area contributed by atoms with Crippen molar-refractivity contribution in [2.45, 2.75) is 38.6 Å². The maximum atomic E-state index is 13.1. The molecule has 12 heteroatoms. The number of esters is 1. The molecule has 0 spiro atoms. The highest BCUT2D eigenvalue weighted by Crippen LogP contribution is 2.29. The van der Waals surface area contributed by atoms with E-state index >= 15 is 0 Å². The zero-order chi connectivity index (χ0) is 26.5. The minimum absolute atomic E-state index is 0.147. The summed E-state index contributed by atoms with van der Waals surface area (Å²) in [5.74, 6) is -3.43. The van der Waals surface area contributed by atoms with Gasteiger partial charge in [-0.3, -0.25) is 19.7 Å². The molecule has 0 bridgehead atoms. The molecule has 10 nitrogen and oxygen atoms in total. The molecule has 2 aliphatic heterocycles. The molecule has 4 atom stereocenters. The second kappa shape index (κ2) is 11.8. The molecule has 4 unspecified atom stereocenters. The fourth-order valence-corrected chi connectivity index (χ4v) is 4.80. The van der Waals surface area contributed by atoms with Gasteiger partial charge in [-0.2, -0.15) is 0 Å². The van der Waals surface area contributed by atoms with Crippen LogP contribution in [0.15, 0.2) is 42.5 Å². The monoisotopic (exact) mass is 547 g/mol. The molecule has 0 aliphatic carbocycles. The lowest BCUT2D eigenvalue weighted by Crippen LogP contribution is -2.72. The van der Waals surface area contributed by atoms with Crippen LogP contribution < -0.4 is 26.6 Å². The van der Waals surface area contributed by atoms with Gasteiger partial charge >= 0.3 is 5.97 Å². The highest BCUT2D eigenvalue weighted by atomic mass is 35.5. The van der Waals surface area contributed by atoms with Gasteiger partial charge < -0.3 is 26.0 Å². The van der Waals surface area contributed by atoms with Crippen LogP contribution in [0.1, 0.15) is 36.5 Å². The minimum Gasteiger partial charge on any atom is -0.462 e. The summed E-state index contributed by atoms with van der Waals surface area (Å²) in [7, 11) is 0. The van der Waals surface area contributed by atoms with Gasteiger partial charge in [0.25, 0.3) is 0 Å². The maximum absolute atomic E-state index is 13.1. The van der Waals surface area contributed by atoms with Crippen LogP contribution in [0.4, 0.5) is 11.4 Å². The van der Waals surface area contributed by atoms with Crippen molar-refractivity contribution in [2.75, 3.05) is 17.2 Å². The Morgan fingerprint density at radius 1 is 1.03 bits per heavy atom. The van der Waals surface area contributed by atoms with E-state index in [1.807, 2.05) is 6.92 Å². The number of benzene rings is 2. The molecule has 5 N–H and O–H groups in total. The number of halogens is 2. The number of amides is 3. The normalized spacial score (nSPS) is 22.8. The Hall–Kier alpha value is -3.34. The summed E-state index contributed by atoms with van der Waals surface area (Å²) in [4.78, 5) is 50.6. The second-order valence-electron chi connectivity index (χ2n) is 8.85. The van der Waals surface area contributed by atoms with Crippen molar-refractivity contribution < 1.29 is 23.9 Å². The van der Waals surface area contributed by atoms with Gasteiger partial charge in [0.15, 0.2) is 6.29 Å². The molecule has 4 rings (SSSR count). The first-order valence-electron chi connectivity index (χ1n) is 11.9. The van der Waals surface area contributed by atoms with E-state index in [4.69, 9.17) is 27.9 Å². The quantitative estimate of drug-likeness (QED) is 0.253. The summed E-state index contributed by atoms with van der Waals surface area (Å²) < 4.78 is 5.18. The summed E-state index contributed by atoms with van der Waals surface area (Å²) >= 11 is 12.1. The molecule has 2 aliphatic rings. The molecule has 0 radical (unpaired) electrons. The standard InChI is InChI=1S/C25H27Cl2N5O5/c1-2-3-8-37-24(36)13-4-6-16(7-5-13)28-22(34)18-12-19(33)30-21-20(18)23(35)32-25(31-21)29-17-10-14(26)9-15(27)11-17/h4-7,9-11,18,20-21,25,29,31H,2-3,8,12H2,1H3,(H,28,34)(H,30,33)(H,32,35). The first-order chi connectivity index (χ1) is 17.7. The number of anilines is 2. The molecule has 0 saturated carbocycles. The second-order valence-corrected chi connectivity index (χ2v) is 9.72. The van der Waals surface area contributed by atoms with Crippen LogP contribution in [-0.2, 0) is 19.1 Å². The average Bonchev–Trinajstić information content (AvgIpc) is 2.83. The summed E-state index contributed by atoms with van der Waals surface area (Å²) in [6.45, 7) is 2.35. The maximum Gasteiger partial charge on any atom is 0.338 e. The number of nitrogens with one attached hydrogen (secondary N) is 5. The molecule has 2 saturated heterocycles. The van der Waals surface area contributed by atoms with E-state index in [-0.39, 0.29) is 12.3 Å². The Labute approximate surface area is 223 Å². The number of hydrogen-bond donors (Lipinski definition) is 5. The van der Waals surface area contributed by atoms with Gasteiger partial charge in [0.2, 0.25) is 17.7 Å². The van der Waals surface area contributed by atoms with Gasteiger partial charge in [0.05, 0.1) is 30.2 Å². The van der Waals surface area contributed by atoms with Gasteiger partial charge in [0, 0.05) is 27.8 Å². The van der Waals surface area contributed by atoms with E-state index in [1.54, 1.807) is 42.5 Å². The van der Waals surface area contributed by atoms with Crippen molar-refractivity contribution in [3.8, 4) is 0 Å². The van der Waals surface area contributed by atoms with Gasteiger partial charge in [-0.05, 0) is 48.9 Å². The SMILES string of the molecule is CCCCOC(=O)c1ccc(NC(=O)C2CC(=O)NC3NC(Nc4cc(Cl)cc(Cl)c4)NC(=O)C32)cc1. The van der Waals surface area contributed by atoms with Crippen LogP contribution in [0, 0.1) is 11.8 Å². The zero-order valence-electron chi connectivity index (χ0n) is 20.0. The Bertz CT molecular complexity index is 1170. The Morgan fingerprint density at radius 2 is 1.73 bits per heavy atom. The van der Waals surface area contributed by atoms with Gasteiger partial charge in [-0.1, -0.05) is 36.5 Å². The van der Waals surface area contributed by atoms with Gasteiger partial charge in [-0.15, -0.1) is 0 Å². The smallest absolute Gasteiger partial charge is 0.338 e. The number of hydrogen-bond acceptors (Lipinski definition) is 7. The van der Waals surface area contributed by atoms with E-state index < -0.39 is 42.1 Å². The van der Waals surface area contributed by atoms with Crippen molar-refractivity contribution in [3.05, 3.63) is 58.1 Å². The van der Waals surface area contributed by atoms with Crippen LogP contribution in [-0.4, -0.2) is 42.8 Å². The molecule has 196 valence electrons. The van der Waals surface area contributed by atoms with Crippen LogP contribution >= 0.6 is 23.2 Å².